The molecular weight excluding hydrogens is 601 g/mol. The van der Waals surface area contributed by atoms with Crippen molar-refractivity contribution in [3.05, 3.63) is 82.7 Å². The number of piperazine rings is 1. The number of hydrogen-bond acceptors (Lipinski definition) is 6. The predicted molar refractivity (Wildman–Crippen MR) is 158 cm³/mol. The van der Waals surface area contributed by atoms with Crippen LogP contribution in [0.5, 0.6) is 0 Å². The molecule has 2 amide bonds. The number of hydrogen-bond donors (Lipinski definition) is 0. The van der Waals surface area contributed by atoms with Gasteiger partial charge in [0.2, 0.25) is 11.9 Å². The van der Waals surface area contributed by atoms with E-state index in [2.05, 4.69) is 4.98 Å². The first-order chi connectivity index (χ1) is 20.0. The third-order valence-corrected chi connectivity index (χ3v) is 10.1. The molecule has 13 heteroatoms. The molecule has 4 heterocycles. The summed E-state index contributed by atoms with van der Waals surface area (Å²) in [5, 5.41) is 0.538. The fraction of sp³-hybridized carbons (Fsp3) is 0.276. The number of rotatable bonds is 6. The molecule has 2 aliphatic heterocycles. The summed E-state index contributed by atoms with van der Waals surface area (Å²) in [4.78, 5) is 33.6. The Labute approximate surface area is 253 Å². The number of carbonyl (C=O) groups is 2. The molecule has 42 heavy (non-hydrogen) atoms. The van der Waals surface area contributed by atoms with Gasteiger partial charge in [-0.05, 0) is 42.8 Å². The Morgan fingerprint density at radius 2 is 1.69 bits per heavy atom. The Hall–Kier alpha value is -3.64. The van der Waals surface area contributed by atoms with E-state index in [-0.39, 0.29) is 55.4 Å². The maximum absolute atomic E-state index is 14.3. The molecule has 0 aliphatic carbocycles. The minimum absolute atomic E-state index is 0.104. The molecular formula is C29H27Cl2N5O5S. The molecule has 0 unspecified atom stereocenters. The standard InChI is InChI=1S/C29H27Cl2N5O5S/c1-19(37)33-9-11-34(12-10-33)42(39,40)26-18-32-28-35(24-15-22(30)14-23(31)16-24)27(38)29(2,36(26)28)17-20-5-7-21(8-6-20)25-4-3-13-41-25/h3-8,13-16,18H,9-12,17H2,1-2H3/t29-/m1/s1. The molecule has 2 aromatic heterocycles. The lowest BCUT2D eigenvalue weighted by Crippen LogP contribution is -2.50. The van der Waals surface area contributed by atoms with Crippen LogP contribution in [0.2, 0.25) is 10.0 Å². The molecule has 1 fully saturated rings. The molecule has 2 aliphatic rings. The summed E-state index contributed by atoms with van der Waals surface area (Å²) in [6, 6.07) is 16.0. The van der Waals surface area contributed by atoms with E-state index in [1.54, 1.807) is 42.4 Å². The number of halogens is 2. The molecule has 10 nitrogen and oxygen atoms in total. The molecule has 0 N–H and O–H groups in total. The zero-order chi connectivity index (χ0) is 29.8. The quantitative estimate of drug-likeness (QED) is 0.300. The van der Waals surface area contributed by atoms with Gasteiger partial charge in [0.25, 0.3) is 15.9 Å². The number of benzene rings is 2. The third kappa shape index (κ3) is 4.80. The van der Waals surface area contributed by atoms with Crippen molar-refractivity contribution < 1.29 is 22.4 Å². The van der Waals surface area contributed by atoms with Crippen LogP contribution in [0.25, 0.3) is 11.3 Å². The van der Waals surface area contributed by atoms with Gasteiger partial charge in [0.1, 0.15) is 11.3 Å². The average molecular weight is 629 g/mol. The van der Waals surface area contributed by atoms with E-state index in [4.69, 9.17) is 27.6 Å². The first kappa shape index (κ1) is 28.5. The topological polar surface area (TPSA) is 109 Å². The van der Waals surface area contributed by atoms with E-state index >= 15 is 0 Å². The molecule has 0 saturated carbocycles. The van der Waals surface area contributed by atoms with Gasteiger partial charge in [-0.15, -0.1) is 0 Å². The van der Waals surface area contributed by atoms with Gasteiger partial charge in [-0.1, -0.05) is 47.5 Å². The summed E-state index contributed by atoms with van der Waals surface area (Å²) in [7, 11) is -4.09. The van der Waals surface area contributed by atoms with Gasteiger partial charge in [0.05, 0.1) is 18.1 Å². The van der Waals surface area contributed by atoms with Crippen LogP contribution in [0.4, 0.5) is 11.6 Å². The normalized spacial score (nSPS) is 19.4. The molecule has 2 aromatic carbocycles. The number of carbonyl (C=O) groups excluding carboxylic acids is 2. The van der Waals surface area contributed by atoms with Crippen molar-refractivity contribution in [3.63, 3.8) is 0 Å². The summed E-state index contributed by atoms with van der Waals surface area (Å²) >= 11 is 12.6. The lowest BCUT2D eigenvalue weighted by atomic mass is 9.91. The first-order valence-corrected chi connectivity index (χ1v) is 15.5. The summed E-state index contributed by atoms with van der Waals surface area (Å²) < 4.78 is 36.4. The summed E-state index contributed by atoms with van der Waals surface area (Å²) in [5.41, 5.74) is 0.694. The Balaban J connectivity index is 1.43. The van der Waals surface area contributed by atoms with Crippen molar-refractivity contribution in [2.24, 2.45) is 0 Å². The van der Waals surface area contributed by atoms with E-state index in [0.29, 0.717) is 21.5 Å². The van der Waals surface area contributed by atoms with Crippen LogP contribution < -0.4 is 4.90 Å². The van der Waals surface area contributed by atoms with Gasteiger partial charge in [-0.3, -0.25) is 14.2 Å². The van der Waals surface area contributed by atoms with Crippen LogP contribution in [0.3, 0.4) is 0 Å². The minimum Gasteiger partial charge on any atom is -0.464 e. The second-order valence-electron chi connectivity index (χ2n) is 10.5. The highest BCUT2D eigenvalue weighted by Gasteiger charge is 2.52. The predicted octanol–water partition coefficient (Wildman–Crippen LogP) is 4.94. The number of aromatic nitrogens is 2. The largest absolute Gasteiger partial charge is 0.464 e. The van der Waals surface area contributed by atoms with E-state index in [1.165, 1.54) is 26.9 Å². The molecule has 0 radical (unpaired) electrons. The van der Waals surface area contributed by atoms with Gasteiger partial charge in [0, 0.05) is 55.1 Å². The number of anilines is 2. The lowest BCUT2D eigenvalue weighted by Gasteiger charge is -2.34. The van der Waals surface area contributed by atoms with Crippen LogP contribution in [0, 0.1) is 0 Å². The van der Waals surface area contributed by atoms with Crippen molar-refractivity contribution in [3.8, 4) is 11.3 Å². The number of imidazole rings is 1. The minimum atomic E-state index is -4.09. The number of sulfonamides is 1. The number of furan rings is 1. The maximum atomic E-state index is 14.3. The van der Waals surface area contributed by atoms with Crippen molar-refractivity contribution >= 4 is 56.7 Å². The van der Waals surface area contributed by atoms with Gasteiger partial charge >= 0.3 is 0 Å². The first-order valence-electron chi connectivity index (χ1n) is 13.3. The SMILES string of the molecule is CC(=O)N1CCN(S(=O)(=O)c2cnc3n2[C@](C)(Cc2ccc(-c4ccco4)cc2)C(=O)N3c2cc(Cl)cc(Cl)c2)CC1. The van der Waals surface area contributed by atoms with Crippen LogP contribution >= 0.6 is 23.2 Å². The second kappa shape index (κ2) is 10.6. The second-order valence-corrected chi connectivity index (χ2v) is 13.3. The molecule has 6 rings (SSSR count). The van der Waals surface area contributed by atoms with Gasteiger partial charge < -0.3 is 9.32 Å². The van der Waals surface area contributed by atoms with Crippen LogP contribution in [-0.4, -0.2) is 65.2 Å². The number of amides is 2. The average Bonchev–Trinajstić information content (AvgIpc) is 3.68. The zero-order valence-electron chi connectivity index (χ0n) is 22.8. The molecule has 218 valence electrons. The molecule has 1 saturated heterocycles. The van der Waals surface area contributed by atoms with E-state index in [9.17, 15) is 18.0 Å². The highest BCUT2D eigenvalue weighted by Crippen LogP contribution is 2.45. The molecule has 4 aromatic rings. The van der Waals surface area contributed by atoms with Crippen molar-refractivity contribution in [1.82, 2.24) is 18.8 Å². The highest BCUT2D eigenvalue weighted by atomic mass is 35.5. The van der Waals surface area contributed by atoms with E-state index in [0.717, 1.165) is 11.1 Å². The van der Waals surface area contributed by atoms with Crippen molar-refractivity contribution in [2.75, 3.05) is 31.1 Å². The van der Waals surface area contributed by atoms with E-state index < -0.39 is 15.6 Å². The monoisotopic (exact) mass is 627 g/mol. The molecule has 1 atom stereocenters. The molecule has 0 bridgehead atoms. The fourth-order valence-electron chi connectivity index (χ4n) is 5.62. The van der Waals surface area contributed by atoms with Crippen molar-refractivity contribution in [1.29, 1.82) is 0 Å². The van der Waals surface area contributed by atoms with E-state index in [1.807, 2.05) is 30.3 Å². The van der Waals surface area contributed by atoms with Crippen molar-refractivity contribution in [2.45, 2.75) is 30.8 Å². The Morgan fingerprint density at radius 1 is 1.02 bits per heavy atom. The van der Waals surface area contributed by atoms with Crippen LogP contribution in [-0.2, 0) is 31.6 Å². The third-order valence-electron chi connectivity index (χ3n) is 7.77. The van der Waals surface area contributed by atoms with Gasteiger partial charge in [0.15, 0.2) is 5.03 Å². The Kier molecular flexibility index (Phi) is 7.17. The Morgan fingerprint density at radius 3 is 2.29 bits per heavy atom. The van der Waals surface area contributed by atoms with Gasteiger partial charge in [-0.2, -0.15) is 4.31 Å². The fourth-order valence-corrected chi connectivity index (χ4v) is 7.74. The summed E-state index contributed by atoms with van der Waals surface area (Å²) in [6.45, 7) is 3.99. The van der Waals surface area contributed by atoms with Crippen LogP contribution in [0.1, 0.15) is 19.4 Å². The number of nitrogens with zero attached hydrogens (tertiary/aromatic N) is 5. The summed E-state index contributed by atoms with van der Waals surface area (Å²) in [6.07, 6.45) is 3.06. The molecule has 0 spiro atoms. The lowest BCUT2D eigenvalue weighted by molar-refractivity contribution is -0.130. The summed E-state index contributed by atoms with van der Waals surface area (Å²) in [5.74, 6) is 0.374. The van der Waals surface area contributed by atoms with Crippen LogP contribution in [0.15, 0.2) is 76.5 Å². The maximum Gasteiger partial charge on any atom is 0.260 e. The number of fused-ring (bicyclic) bond motifs is 1. The zero-order valence-corrected chi connectivity index (χ0v) is 25.2. The Bertz CT molecular complexity index is 1760. The smallest absolute Gasteiger partial charge is 0.260 e. The highest BCUT2D eigenvalue weighted by molar-refractivity contribution is 7.89. The van der Waals surface area contributed by atoms with Gasteiger partial charge in [-0.25, -0.2) is 18.3 Å².